The molecule has 0 unspecified atom stereocenters. The summed E-state index contributed by atoms with van der Waals surface area (Å²) in [5.41, 5.74) is 6.66. The molecule has 0 spiro atoms. The Morgan fingerprint density at radius 3 is 2.90 bits per heavy atom. The summed E-state index contributed by atoms with van der Waals surface area (Å²) in [5, 5.41) is 4.17. The number of carbonyl (C=O) groups excluding carboxylic acids is 1. The molecule has 1 fully saturated rings. The SMILES string of the molecule is Cc1cc2c(c(-c3ccc4nc(C)ccc4c3)c1)O[C@@H](CNC(=O)[C@H]1CCOC1)C2. The van der Waals surface area contributed by atoms with Crippen LogP contribution in [0.25, 0.3) is 22.0 Å². The van der Waals surface area contributed by atoms with Crippen LogP contribution in [0.15, 0.2) is 42.5 Å². The molecule has 3 heterocycles. The second-order valence-electron chi connectivity index (χ2n) is 8.41. The maximum Gasteiger partial charge on any atom is 0.225 e. The molecule has 0 aliphatic carbocycles. The maximum absolute atomic E-state index is 12.3. The van der Waals surface area contributed by atoms with Crippen molar-refractivity contribution in [2.45, 2.75) is 32.8 Å². The van der Waals surface area contributed by atoms with Gasteiger partial charge in [0, 0.05) is 29.7 Å². The van der Waals surface area contributed by atoms with Crippen molar-refractivity contribution < 1.29 is 14.3 Å². The highest BCUT2D eigenvalue weighted by molar-refractivity contribution is 5.86. The van der Waals surface area contributed by atoms with Gasteiger partial charge in [-0.3, -0.25) is 9.78 Å². The van der Waals surface area contributed by atoms with Crippen LogP contribution in [0.1, 0.15) is 23.2 Å². The summed E-state index contributed by atoms with van der Waals surface area (Å²) in [7, 11) is 0. The minimum atomic E-state index is -0.0448. The Labute approximate surface area is 176 Å². The number of ether oxygens (including phenoxy) is 2. The molecular weight excluding hydrogens is 376 g/mol. The smallest absolute Gasteiger partial charge is 0.225 e. The zero-order valence-electron chi connectivity index (χ0n) is 17.4. The molecule has 5 nitrogen and oxygen atoms in total. The van der Waals surface area contributed by atoms with Crippen molar-refractivity contribution in [2.75, 3.05) is 19.8 Å². The fourth-order valence-electron chi connectivity index (χ4n) is 4.42. The van der Waals surface area contributed by atoms with E-state index in [9.17, 15) is 4.79 Å². The molecule has 30 heavy (non-hydrogen) atoms. The monoisotopic (exact) mass is 402 g/mol. The molecular formula is C25H26N2O3. The van der Waals surface area contributed by atoms with Gasteiger partial charge < -0.3 is 14.8 Å². The minimum absolute atomic E-state index is 0.0265. The minimum Gasteiger partial charge on any atom is -0.487 e. The van der Waals surface area contributed by atoms with Crippen LogP contribution < -0.4 is 10.1 Å². The zero-order valence-corrected chi connectivity index (χ0v) is 17.4. The first kappa shape index (κ1) is 19.1. The van der Waals surface area contributed by atoms with Gasteiger partial charge in [-0.15, -0.1) is 0 Å². The number of aryl methyl sites for hydroxylation is 2. The van der Waals surface area contributed by atoms with E-state index < -0.39 is 0 Å². The molecule has 3 aromatic rings. The number of fused-ring (bicyclic) bond motifs is 2. The Hall–Kier alpha value is -2.92. The van der Waals surface area contributed by atoms with Crippen molar-refractivity contribution in [3.05, 3.63) is 59.3 Å². The van der Waals surface area contributed by atoms with Gasteiger partial charge in [0.15, 0.2) is 0 Å². The summed E-state index contributed by atoms with van der Waals surface area (Å²) in [6.45, 7) is 5.84. The standard InChI is InChI=1S/C25H26N2O3/c1-15-9-20-12-21(13-26-25(28)19-7-8-29-14-19)30-24(20)22(10-15)17-5-6-23-18(11-17)4-3-16(2)27-23/h3-6,9-11,19,21H,7-8,12-14H2,1-2H3,(H,26,28)/t19-,21+/m0/s1. The summed E-state index contributed by atoms with van der Waals surface area (Å²) < 4.78 is 11.6. The molecule has 2 aromatic carbocycles. The first-order chi connectivity index (χ1) is 14.6. The third-order valence-corrected chi connectivity index (χ3v) is 5.99. The van der Waals surface area contributed by atoms with Gasteiger partial charge in [0.2, 0.25) is 5.91 Å². The van der Waals surface area contributed by atoms with E-state index in [0.29, 0.717) is 19.8 Å². The highest BCUT2D eigenvalue weighted by Gasteiger charge is 2.29. The third kappa shape index (κ3) is 3.65. The second-order valence-corrected chi connectivity index (χ2v) is 8.41. The Morgan fingerprint density at radius 2 is 2.07 bits per heavy atom. The maximum atomic E-state index is 12.3. The van der Waals surface area contributed by atoms with Crippen LogP contribution in [-0.4, -0.2) is 36.8 Å². The van der Waals surface area contributed by atoms with Crippen LogP contribution in [0.5, 0.6) is 5.75 Å². The molecule has 5 rings (SSSR count). The largest absolute Gasteiger partial charge is 0.487 e. The molecule has 0 radical (unpaired) electrons. The zero-order chi connectivity index (χ0) is 20.7. The molecule has 0 saturated carbocycles. The molecule has 2 atom stereocenters. The molecule has 1 aromatic heterocycles. The highest BCUT2D eigenvalue weighted by atomic mass is 16.5. The van der Waals surface area contributed by atoms with Gasteiger partial charge in [-0.1, -0.05) is 18.2 Å². The molecule has 2 aliphatic heterocycles. The summed E-state index contributed by atoms with van der Waals surface area (Å²) in [6.07, 6.45) is 1.56. The number of nitrogens with zero attached hydrogens (tertiary/aromatic N) is 1. The van der Waals surface area contributed by atoms with E-state index >= 15 is 0 Å². The van der Waals surface area contributed by atoms with Crippen molar-refractivity contribution in [1.29, 1.82) is 0 Å². The lowest BCUT2D eigenvalue weighted by atomic mass is 9.96. The van der Waals surface area contributed by atoms with Crippen LogP contribution >= 0.6 is 0 Å². The Bertz CT molecular complexity index is 1120. The Kier molecular flexibility index (Phi) is 4.91. The summed E-state index contributed by atoms with van der Waals surface area (Å²) >= 11 is 0. The molecule has 1 N–H and O–H groups in total. The second kappa shape index (κ2) is 7.73. The van der Waals surface area contributed by atoms with E-state index in [1.807, 2.05) is 13.0 Å². The number of hydrogen-bond donors (Lipinski definition) is 1. The topological polar surface area (TPSA) is 60.5 Å². The van der Waals surface area contributed by atoms with Crippen molar-refractivity contribution in [2.24, 2.45) is 5.92 Å². The number of benzene rings is 2. The van der Waals surface area contributed by atoms with Crippen molar-refractivity contribution in [3.63, 3.8) is 0 Å². The van der Waals surface area contributed by atoms with Gasteiger partial charge in [-0.05, 0) is 61.2 Å². The van der Waals surface area contributed by atoms with Crippen LogP contribution in [0, 0.1) is 19.8 Å². The molecule has 1 saturated heterocycles. The van der Waals surface area contributed by atoms with E-state index in [1.165, 1.54) is 11.1 Å². The number of pyridine rings is 1. The number of hydrogen-bond acceptors (Lipinski definition) is 4. The lowest BCUT2D eigenvalue weighted by Gasteiger charge is -2.15. The van der Waals surface area contributed by atoms with Gasteiger partial charge in [0.1, 0.15) is 11.9 Å². The molecule has 5 heteroatoms. The van der Waals surface area contributed by atoms with Crippen LogP contribution in [-0.2, 0) is 16.0 Å². The summed E-state index contributed by atoms with van der Waals surface area (Å²) in [5.74, 6) is 0.977. The van der Waals surface area contributed by atoms with Gasteiger partial charge in [0.25, 0.3) is 0 Å². The predicted octanol–water partition coefficient (Wildman–Crippen LogP) is 3.97. The van der Waals surface area contributed by atoms with E-state index in [2.05, 4.69) is 53.6 Å². The number of rotatable bonds is 4. The van der Waals surface area contributed by atoms with Crippen LogP contribution in [0.3, 0.4) is 0 Å². The van der Waals surface area contributed by atoms with Crippen molar-refractivity contribution >= 4 is 16.8 Å². The van der Waals surface area contributed by atoms with E-state index in [4.69, 9.17) is 9.47 Å². The fourth-order valence-corrected chi connectivity index (χ4v) is 4.42. The summed E-state index contributed by atoms with van der Waals surface area (Å²) in [4.78, 5) is 16.9. The van der Waals surface area contributed by atoms with E-state index in [-0.39, 0.29) is 17.9 Å². The lowest BCUT2D eigenvalue weighted by molar-refractivity contribution is -0.125. The number of aromatic nitrogens is 1. The van der Waals surface area contributed by atoms with Gasteiger partial charge in [-0.25, -0.2) is 0 Å². The molecule has 1 amide bonds. The van der Waals surface area contributed by atoms with Gasteiger partial charge in [0.05, 0.1) is 24.6 Å². The predicted molar refractivity (Wildman–Crippen MR) is 117 cm³/mol. The number of nitrogens with one attached hydrogen (secondary N) is 1. The van der Waals surface area contributed by atoms with E-state index in [1.54, 1.807) is 0 Å². The Balaban J connectivity index is 1.38. The first-order valence-electron chi connectivity index (χ1n) is 10.6. The van der Waals surface area contributed by atoms with Crippen LogP contribution in [0.2, 0.25) is 0 Å². The van der Waals surface area contributed by atoms with Crippen molar-refractivity contribution in [1.82, 2.24) is 10.3 Å². The van der Waals surface area contributed by atoms with Crippen LogP contribution in [0.4, 0.5) is 0 Å². The molecule has 154 valence electrons. The number of carbonyl (C=O) groups is 1. The molecule has 0 bridgehead atoms. The fraction of sp³-hybridized carbons (Fsp3) is 0.360. The molecule has 2 aliphatic rings. The first-order valence-corrected chi connectivity index (χ1v) is 10.6. The quantitative estimate of drug-likeness (QED) is 0.717. The van der Waals surface area contributed by atoms with Crippen molar-refractivity contribution in [3.8, 4) is 16.9 Å². The Morgan fingerprint density at radius 1 is 1.17 bits per heavy atom. The normalized spacial score (nSPS) is 20.2. The average molecular weight is 402 g/mol. The third-order valence-electron chi connectivity index (χ3n) is 5.99. The van der Waals surface area contributed by atoms with E-state index in [0.717, 1.165) is 46.3 Å². The highest BCUT2D eigenvalue weighted by Crippen LogP contribution is 2.40. The average Bonchev–Trinajstić information content (AvgIpc) is 3.41. The summed E-state index contributed by atoms with van der Waals surface area (Å²) in [6, 6.07) is 14.9. The lowest BCUT2D eigenvalue weighted by Crippen LogP contribution is -2.38. The number of amides is 1. The van der Waals surface area contributed by atoms with Gasteiger partial charge >= 0.3 is 0 Å². The van der Waals surface area contributed by atoms with Gasteiger partial charge in [-0.2, -0.15) is 0 Å².